The molecule has 6 nitrogen and oxygen atoms in total. The number of hydrogen-bond donors (Lipinski definition) is 0. The third-order valence-corrected chi connectivity index (χ3v) is 8.31. The van der Waals surface area contributed by atoms with E-state index >= 15 is 0 Å². The number of nitrogens with zero attached hydrogens (tertiary/aromatic N) is 3. The molecular weight excluding hydrogens is 550 g/mol. The molecule has 0 fully saturated rings. The molecule has 0 saturated carbocycles. The number of ether oxygens (including phenoxy) is 1. The quantitative estimate of drug-likeness (QED) is 0.245. The minimum atomic E-state index is -3.94. The summed E-state index contributed by atoms with van der Waals surface area (Å²) < 4.78 is 35.0. The molecule has 0 N–H and O–H groups in total. The molecule has 0 amide bonds. The van der Waals surface area contributed by atoms with Crippen LogP contribution in [0.5, 0.6) is 5.75 Å². The van der Waals surface area contributed by atoms with Gasteiger partial charge in [-0.1, -0.05) is 57.9 Å². The number of halogens is 2. The molecule has 3 aromatic carbocycles. The highest BCUT2D eigenvalue weighted by Crippen LogP contribution is 2.40. The molecule has 0 radical (unpaired) electrons. The highest BCUT2D eigenvalue weighted by molar-refractivity contribution is 9.10. The van der Waals surface area contributed by atoms with Crippen LogP contribution in [0.25, 0.3) is 10.9 Å². The fraction of sp³-hybridized carbons (Fsp3) is 0.154. The maximum atomic E-state index is 13.7. The smallest absolute Gasteiger partial charge is 0.279 e. The third-order valence-electron chi connectivity index (χ3n) is 5.78. The molecule has 1 aliphatic heterocycles. The molecule has 2 heterocycles. The van der Waals surface area contributed by atoms with Gasteiger partial charge < -0.3 is 4.74 Å². The van der Waals surface area contributed by atoms with E-state index in [0.29, 0.717) is 35.6 Å². The first-order chi connectivity index (χ1) is 16.9. The number of aromatic nitrogens is 1. The van der Waals surface area contributed by atoms with Crippen LogP contribution in [0.3, 0.4) is 0 Å². The van der Waals surface area contributed by atoms with E-state index in [-0.39, 0.29) is 10.0 Å². The van der Waals surface area contributed by atoms with E-state index in [9.17, 15) is 8.42 Å². The van der Waals surface area contributed by atoms with Crippen molar-refractivity contribution in [1.82, 2.24) is 9.40 Å². The number of fused-ring (bicyclic) bond motifs is 1. The van der Waals surface area contributed by atoms with Crippen LogP contribution in [0.2, 0.25) is 5.15 Å². The number of pyridine rings is 1. The van der Waals surface area contributed by atoms with Gasteiger partial charge in [0.05, 0.1) is 28.8 Å². The molecule has 0 unspecified atom stereocenters. The lowest BCUT2D eigenvalue weighted by molar-refractivity contribution is 0.340. The van der Waals surface area contributed by atoms with Gasteiger partial charge in [0.15, 0.2) is 0 Å². The first kappa shape index (κ1) is 23.8. The molecular formula is C26H21BrClN3O3S. The normalized spacial score (nSPS) is 15.9. The van der Waals surface area contributed by atoms with Crippen LogP contribution in [0.4, 0.5) is 0 Å². The Kier molecular flexibility index (Phi) is 6.53. The lowest BCUT2D eigenvalue weighted by atomic mass is 9.99. The summed E-state index contributed by atoms with van der Waals surface area (Å²) in [6, 6.07) is 22.7. The van der Waals surface area contributed by atoms with Gasteiger partial charge >= 0.3 is 0 Å². The zero-order chi connectivity index (χ0) is 24.6. The average molecular weight is 571 g/mol. The molecule has 9 heteroatoms. The predicted octanol–water partition coefficient (Wildman–Crippen LogP) is 6.59. The molecule has 4 aromatic rings. The molecule has 1 atom stereocenters. The van der Waals surface area contributed by atoms with E-state index in [2.05, 4.69) is 26.0 Å². The van der Waals surface area contributed by atoms with Crippen molar-refractivity contribution in [2.75, 3.05) is 6.61 Å². The Morgan fingerprint density at radius 1 is 1.06 bits per heavy atom. The molecule has 0 saturated heterocycles. The average Bonchev–Trinajstić information content (AvgIpc) is 3.31. The molecule has 35 heavy (non-hydrogen) atoms. The van der Waals surface area contributed by atoms with E-state index < -0.39 is 16.1 Å². The van der Waals surface area contributed by atoms with Gasteiger partial charge in [0.1, 0.15) is 10.9 Å². The van der Waals surface area contributed by atoms with Gasteiger partial charge in [-0.05, 0) is 55.0 Å². The topological polar surface area (TPSA) is 71.9 Å². The second kappa shape index (κ2) is 9.60. The summed E-state index contributed by atoms with van der Waals surface area (Å²) in [4.78, 5) is 4.73. The first-order valence-corrected chi connectivity index (χ1v) is 13.6. The van der Waals surface area contributed by atoms with Crippen LogP contribution >= 0.6 is 27.5 Å². The zero-order valence-corrected chi connectivity index (χ0v) is 21.9. The number of sulfonamides is 1. The summed E-state index contributed by atoms with van der Waals surface area (Å²) >= 11 is 10.1. The predicted molar refractivity (Wildman–Crippen MR) is 141 cm³/mol. The van der Waals surface area contributed by atoms with E-state index in [0.717, 1.165) is 15.4 Å². The molecule has 1 aromatic heterocycles. The van der Waals surface area contributed by atoms with Crippen molar-refractivity contribution in [1.29, 1.82) is 0 Å². The van der Waals surface area contributed by atoms with Gasteiger partial charge in [-0.3, -0.25) is 0 Å². The second-order valence-corrected chi connectivity index (χ2v) is 11.1. The fourth-order valence-electron chi connectivity index (χ4n) is 4.09. The Hall–Kier alpha value is -2.94. The third kappa shape index (κ3) is 4.66. The van der Waals surface area contributed by atoms with E-state index in [4.69, 9.17) is 16.3 Å². The maximum absolute atomic E-state index is 13.7. The van der Waals surface area contributed by atoms with Crippen molar-refractivity contribution in [3.05, 3.63) is 99.6 Å². The second-order valence-electron chi connectivity index (χ2n) is 8.02. The van der Waals surface area contributed by atoms with Crippen molar-refractivity contribution < 1.29 is 13.2 Å². The summed E-state index contributed by atoms with van der Waals surface area (Å²) in [6.07, 6.45) is 0.359. The van der Waals surface area contributed by atoms with Gasteiger partial charge in [-0.15, -0.1) is 0 Å². The first-order valence-electron chi connectivity index (χ1n) is 11.0. The maximum Gasteiger partial charge on any atom is 0.279 e. The van der Waals surface area contributed by atoms with Crippen LogP contribution < -0.4 is 4.74 Å². The standard InChI is InChI=1S/C26H21BrClN3O3S/c1-2-34-20-13-10-18-14-22(26(28)29-23(18)15-20)25-16-24(17-8-11-19(27)12-9-17)30-31(25)35(32,33)21-6-4-3-5-7-21/h3-15,25H,2,16H2,1H3/t25-/m1/s1. The van der Waals surface area contributed by atoms with Crippen molar-refractivity contribution in [2.24, 2.45) is 5.10 Å². The number of rotatable bonds is 6. The number of benzene rings is 3. The number of hydrazone groups is 1. The van der Waals surface area contributed by atoms with Crippen molar-refractivity contribution >= 4 is 54.2 Å². The van der Waals surface area contributed by atoms with Crippen LogP contribution in [0.1, 0.15) is 30.5 Å². The highest BCUT2D eigenvalue weighted by atomic mass is 79.9. The van der Waals surface area contributed by atoms with Crippen LogP contribution in [0.15, 0.2) is 93.3 Å². The molecule has 0 aliphatic carbocycles. The molecule has 5 rings (SSSR count). The number of hydrogen-bond acceptors (Lipinski definition) is 5. The van der Waals surface area contributed by atoms with E-state index in [1.54, 1.807) is 30.3 Å². The molecule has 0 spiro atoms. The molecule has 0 bridgehead atoms. The highest BCUT2D eigenvalue weighted by Gasteiger charge is 2.39. The summed E-state index contributed by atoms with van der Waals surface area (Å²) in [6.45, 7) is 2.46. The SMILES string of the molecule is CCOc1ccc2cc([C@H]3CC(c4ccc(Br)cc4)=NN3S(=O)(=O)c3ccccc3)c(Cl)nc2c1. The van der Waals surface area contributed by atoms with Crippen molar-refractivity contribution in [3.8, 4) is 5.75 Å². The summed E-state index contributed by atoms with van der Waals surface area (Å²) in [7, 11) is -3.94. The summed E-state index contributed by atoms with van der Waals surface area (Å²) in [5.41, 5.74) is 2.77. The zero-order valence-electron chi connectivity index (χ0n) is 18.7. The minimum absolute atomic E-state index is 0.164. The fourth-order valence-corrected chi connectivity index (χ4v) is 6.07. The summed E-state index contributed by atoms with van der Waals surface area (Å²) in [5.74, 6) is 0.700. The van der Waals surface area contributed by atoms with Crippen LogP contribution in [-0.4, -0.2) is 30.1 Å². The van der Waals surface area contributed by atoms with Gasteiger partial charge in [0.2, 0.25) is 0 Å². The largest absolute Gasteiger partial charge is 0.494 e. The Bertz CT molecular complexity index is 1530. The Morgan fingerprint density at radius 2 is 1.80 bits per heavy atom. The Labute approximate surface area is 217 Å². The van der Waals surface area contributed by atoms with Crippen LogP contribution in [-0.2, 0) is 10.0 Å². The lowest BCUT2D eigenvalue weighted by Gasteiger charge is -2.24. The minimum Gasteiger partial charge on any atom is -0.494 e. The molecule has 178 valence electrons. The van der Waals surface area contributed by atoms with Gasteiger partial charge in [0, 0.05) is 27.9 Å². The van der Waals surface area contributed by atoms with Crippen LogP contribution in [0, 0.1) is 0 Å². The van der Waals surface area contributed by atoms with E-state index in [1.165, 1.54) is 4.41 Å². The molecule has 1 aliphatic rings. The van der Waals surface area contributed by atoms with E-state index in [1.807, 2.05) is 55.5 Å². The van der Waals surface area contributed by atoms with Crippen molar-refractivity contribution in [2.45, 2.75) is 24.3 Å². The van der Waals surface area contributed by atoms with Gasteiger partial charge in [-0.2, -0.15) is 17.9 Å². The lowest BCUT2D eigenvalue weighted by Crippen LogP contribution is -2.27. The van der Waals surface area contributed by atoms with Gasteiger partial charge in [0.25, 0.3) is 10.0 Å². The summed E-state index contributed by atoms with van der Waals surface area (Å²) in [5, 5.41) is 5.66. The monoisotopic (exact) mass is 569 g/mol. The van der Waals surface area contributed by atoms with Gasteiger partial charge in [-0.25, -0.2) is 4.98 Å². The Morgan fingerprint density at radius 3 is 2.51 bits per heavy atom. The van der Waals surface area contributed by atoms with Crippen molar-refractivity contribution in [3.63, 3.8) is 0 Å². The Balaban J connectivity index is 1.62.